The highest BCUT2D eigenvalue weighted by Gasteiger charge is 1.95. The Kier molecular flexibility index (Phi) is 1.45. The van der Waals surface area contributed by atoms with Gasteiger partial charge in [0.2, 0.25) is 0 Å². The largest absolute Gasteiger partial charge is 0.251 e. The molecule has 0 radical (unpaired) electrons. The molecule has 0 unspecified atom stereocenters. The average molecular weight is 122 g/mol. The normalized spacial score (nSPS) is 8.89. The van der Waals surface area contributed by atoms with Gasteiger partial charge in [0.25, 0.3) is 0 Å². The van der Waals surface area contributed by atoms with E-state index in [1.54, 1.807) is 17.9 Å². The minimum Gasteiger partial charge on any atom is -0.251 e. The predicted octanol–water partition coefficient (Wildman–Crippen LogP) is -0.119. The fourth-order valence-corrected chi connectivity index (χ4v) is 0.552. The van der Waals surface area contributed by atoms with Crippen LogP contribution in [0.25, 0.3) is 0 Å². The predicted molar refractivity (Wildman–Crippen MR) is 30.3 cm³/mol. The van der Waals surface area contributed by atoms with Crippen LogP contribution in [0.1, 0.15) is 5.69 Å². The summed E-state index contributed by atoms with van der Waals surface area (Å²) in [6.07, 6.45) is 1.96. The molecule has 1 rings (SSSR count). The minimum absolute atomic E-state index is 0.378. The van der Waals surface area contributed by atoms with E-state index < -0.39 is 0 Å². The molecule has 0 aromatic carbocycles. The summed E-state index contributed by atoms with van der Waals surface area (Å²) in [4.78, 5) is 0. The van der Waals surface area contributed by atoms with Gasteiger partial charge in [-0.1, -0.05) is 5.21 Å². The number of hydrogen-bond donors (Lipinski definition) is 0. The Morgan fingerprint density at radius 1 is 1.89 bits per heavy atom. The monoisotopic (exact) mass is 122 g/mol. The molecular formula is C5H6N4. The number of nitriles is 1. The van der Waals surface area contributed by atoms with Gasteiger partial charge in [0.1, 0.15) is 0 Å². The smallest absolute Gasteiger partial charge is 0.0787 e. The molecule has 1 aromatic rings. The lowest BCUT2D eigenvalue weighted by Gasteiger charge is -1.88. The fourth-order valence-electron chi connectivity index (χ4n) is 0.552. The van der Waals surface area contributed by atoms with Gasteiger partial charge in [-0.3, -0.25) is 4.68 Å². The molecule has 0 amide bonds. The van der Waals surface area contributed by atoms with Crippen LogP contribution in [0.5, 0.6) is 0 Å². The number of aromatic nitrogens is 3. The Morgan fingerprint density at radius 3 is 3.11 bits per heavy atom. The summed E-state index contributed by atoms with van der Waals surface area (Å²) in [5.74, 6) is 0. The summed E-state index contributed by atoms with van der Waals surface area (Å²) in [6, 6.07) is 2.01. The van der Waals surface area contributed by atoms with Crippen LogP contribution >= 0.6 is 0 Å². The van der Waals surface area contributed by atoms with Crippen LogP contribution in [0.2, 0.25) is 0 Å². The molecule has 0 bridgehead atoms. The summed E-state index contributed by atoms with van der Waals surface area (Å²) < 4.78 is 1.59. The second kappa shape index (κ2) is 2.27. The quantitative estimate of drug-likeness (QED) is 0.521. The number of rotatable bonds is 1. The van der Waals surface area contributed by atoms with E-state index in [0.29, 0.717) is 6.42 Å². The SMILES string of the molecule is Cn1nncc1CC#N. The summed E-state index contributed by atoms with van der Waals surface area (Å²) in [5.41, 5.74) is 0.845. The zero-order valence-corrected chi connectivity index (χ0v) is 5.07. The first-order valence-electron chi connectivity index (χ1n) is 2.55. The van der Waals surface area contributed by atoms with Crippen LogP contribution in [-0.4, -0.2) is 15.0 Å². The zero-order valence-electron chi connectivity index (χ0n) is 5.07. The van der Waals surface area contributed by atoms with Gasteiger partial charge >= 0.3 is 0 Å². The molecule has 0 fully saturated rings. The third-order valence-electron chi connectivity index (χ3n) is 1.07. The van der Waals surface area contributed by atoms with Gasteiger partial charge in [-0.25, -0.2) is 0 Å². The van der Waals surface area contributed by atoms with E-state index in [9.17, 15) is 0 Å². The van der Waals surface area contributed by atoms with Crippen molar-refractivity contribution in [3.63, 3.8) is 0 Å². The van der Waals surface area contributed by atoms with Crippen molar-refractivity contribution >= 4 is 0 Å². The third-order valence-corrected chi connectivity index (χ3v) is 1.07. The lowest BCUT2D eigenvalue weighted by atomic mass is 10.4. The second-order valence-electron chi connectivity index (χ2n) is 1.68. The molecule has 0 aliphatic rings. The van der Waals surface area contributed by atoms with E-state index in [1.165, 1.54) is 0 Å². The van der Waals surface area contributed by atoms with Gasteiger partial charge in [0, 0.05) is 7.05 Å². The van der Waals surface area contributed by atoms with E-state index in [4.69, 9.17) is 5.26 Å². The average Bonchev–Trinajstić information content (AvgIpc) is 2.18. The molecule has 1 heterocycles. The highest BCUT2D eigenvalue weighted by molar-refractivity contribution is 5.00. The van der Waals surface area contributed by atoms with Gasteiger partial charge in [0.05, 0.1) is 24.4 Å². The van der Waals surface area contributed by atoms with Crippen molar-refractivity contribution in [1.82, 2.24) is 15.0 Å². The molecule has 46 valence electrons. The number of hydrogen-bond acceptors (Lipinski definition) is 3. The van der Waals surface area contributed by atoms with Crippen LogP contribution in [0.3, 0.4) is 0 Å². The van der Waals surface area contributed by atoms with E-state index in [-0.39, 0.29) is 0 Å². The first-order valence-corrected chi connectivity index (χ1v) is 2.55. The molecular weight excluding hydrogens is 116 g/mol. The van der Waals surface area contributed by atoms with Crippen LogP contribution in [-0.2, 0) is 13.5 Å². The summed E-state index contributed by atoms with van der Waals surface area (Å²) in [7, 11) is 1.76. The van der Waals surface area contributed by atoms with Gasteiger partial charge in [-0.15, -0.1) is 5.10 Å². The molecule has 0 saturated heterocycles. The van der Waals surface area contributed by atoms with Crippen molar-refractivity contribution < 1.29 is 0 Å². The van der Waals surface area contributed by atoms with E-state index in [0.717, 1.165) is 5.69 Å². The minimum atomic E-state index is 0.378. The first kappa shape index (κ1) is 5.76. The molecule has 0 N–H and O–H groups in total. The van der Waals surface area contributed by atoms with Crippen molar-refractivity contribution in [3.8, 4) is 6.07 Å². The van der Waals surface area contributed by atoms with Crippen LogP contribution < -0.4 is 0 Å². The topological polar surface area (TPSA) is 54.5 Å². The zero-order chi connectivity index (χ0) is 6.69. The van der Waals surface area contributed by atoms with E-state index in [2.05, 4.69) is 10.3 Å². The molecule has 4 nitrogen and oxygen atoms in total. The molecule has 0 aliphatic carbocycles. The number of aryl methyl sites for hydroxylation is 1. The first-order chi connectivity index (χ1) is 4.34. The van der Waals surface area contributed by atoms with E-state index in [1.807, 2.05) is 6.07 Å². The standard InChI is InChI=1S/C5H6N4/c1-9-5(2-3-6)4-7-8-9/h4H,2H2,1H3. The summed E-state index contributed by atoms with van der Waals surface area (Å²) in [6.45, 7) is 0. The molecule has 0 saturated carbocycles. The Labute approximate surface area is 52.7 Å². The highest BCUT2D eigenvalue weighted by atomic mass is 15.4. The van der Waals surface area contributed by atoms with Crippen molar-refractivity contribution in [2.45, 2.75) is 6.42 Å². The Balaban J connectivity index is 2.84. The molecule has 0 atom stereocenters. The van der Waals surface area contributed by atoms with E-state index >= 15 is 0 Å². The Hall–Kier alpha value is -1.37. The van der Waals surface area contributed by atoms with Crippen molar-refractivity contribution in [3.05, 3.63) is 11.9 Å². The molecule has 4 heteroatoms. The lowest BCUT2D eigenvalue weighted by molar-refractivity contribution is 0.689. The van der Waals surface area contributed by atoms with Crippen LogP contribution in [0.4, 0.5) is 0 Å². The molecule has 1 aromatic heterocycles. The van der Waals surface area contributed by atoms with Crippen molar-refractivity contribution in [2.75, 3.05) is 0 Å². The maximum absolute atomic E-state index is 8.24. The fraction of sp³-hybridized carbons (Fsp3) is 0.400. The second-order valence-corrected chi connectivity index (χ2v) is 1.68. The maximum atomic E-state index is 8.24. The third kappa shape index (κ3) is 1.05. The van der Waals surface area contributed by atoms with Crippen LogP contribution in [0.15, 0.2) is 6.20 Å². The van der Waals surface area contributed by atoms with Gasteiger partial charge in [-0.05, 0) is 0 Å². The Morgan fingerprint density at radius 2 is 2.67 bits per heavy atom. The van der Waals surface area contributed by atoms with Gasteiger partial charge in [-0.2, -0.15) is 5.26 Å². The van der Waals surface area contributed by atoms with Gasteiger partial charge in [0.15, 0.2) is 0 Å². The number of nitrogens with zero attached hydrogens (tertiary/aromatic N) is 4. The van der Waals surface area contributed by atoms with Crippen LogP contribution in [0, 0.1) is 11.3 Å². The van der Waals surface area contributed by atoms with Gasteiger partial charge < -0.3 is 0 Å². The highest BCUT2D eigenvalue weighted by Crippen LogP contribution is 1.91. The molecule has 9 heavy (non-hydrogen) atoms. The molecule has 0 aliphatic heterocycles. The Bertz CT molecular complexity index is 231. The summed E-state index contributed by atoms with van der Waals surface area (Å²) in [5, 5.41) is 15.5. The van der Waals surface area contributed by atoms with Crippen molar-refractivity contribution in [1.29, 1.82) is 5.26 Å². The summed E-state index contributed by atoms with van der Waals surface area (Å²) >= 11 is 0. The molecule has 0 spiro atoms. The lowest BCUT2D eigenvalue weighted by Crippen LogP contribution is -1.96. The maximum Gasteiger partial charge on any atom is 0.0787 e. The van der Waals surface area contributed by atoms with Crippen molar-refractivity contribution in [2.24, 2.45) is 7.05 Å².